The molecular formula is C13H11BrN2O4. The van der Waals surface area contributed by atoms with Crippen LogP contribution in [-0.2, 0) is 0 Å². The first-order valence-corrected chi connectivity index (χ1v) is 6.44. The van der Waals surface area contributed by atoms with Gasteiger partial charge < -0.3 is 9.26 Å². The molecule has 1 aromatic heterocycles. The Kier molecular flexibility index (Phi) is 4.19. The summed E-state index contributed by atoms with van der Waals surface area (Å²) in [5.74, 6) is 0.836. The van der Waals surface area contributed by atoms with E-state index in [0.717, 1.165) is 11.3 Å². The number of benzene rings is 1. The number of methoxy groups -OCH3 is 1. The topological polar surface area (TPSA) is 78.4 Å². The quantitative estimate of drug-likeness (QED) is 0.625. The highest BCUT2D eigenvalue weighted by atomic mass is 79.9. The number of aromatic nitrogens is 1. The minimum Gasteiger partial charge on any atom is -0.497 e. The Bertz CT molecular complexity index is 662. The van der Waals surface area contributed by atoms with Gasteiger partial charge in [-0.25, -0.2) is 0 Å². The summed E-state index contributed by atoms with van der Waals surface area (Å²) in [5, 5.41) is 14.6. The van der Waals surface area contributed by atoms with E-state index in [1.807, 2.05) is 12.1 Å². The molecule has 0 unspecified atom stereocenters. The Morgan fingerprint density at radius 3 is 2.65 bits per heavy atom. The second kappa shape index (κ2) is 5.87. The summed E-state index contributed by atoms with van der Waals surface area (Å²) in [7, 11) is 1.58. The summed E-state index contributed by atoms with van der Waals surface area (Å²) in [5.41, 5.74) is 0.952. The third-order valence-electron chi connectivity index (χ3n) is 2.64. The van der Waals surface area contributed by atoms with Crippen molar-refractivity contribution in [1.29, 1.82) is 0 Å². The van der Waals surface area contributed by atoms with Crippen molar-refractivity contribution < 1.29 is 14.2 Å². The molecule has 0 aliphatic rings. The molecule has 0 amide bonds. The van der Waals surface area contributed by atoms with Crippen LogP contribution >= 0.6 is 15.9 Å². The molecule has 2 rings (SSSR count). The van der Waals surface area contributed by atoms with Crippen molar-refractivity contribution in [2.75, 3.05) is 7.11 Å². The highest BCUT2D eigenvalue weighted by Gasteiger charge is 2.25. The van der Waals surface area contributed by atoms with Gasteiger partial charge in [-0.15, -0.1) is 0 Å². The molecule has 1 heterocycles. The van der Waals surface area contributed by atoms with Crippen molar-refractivity contribution in [3.05, 3.63) is 51.4 Å². The number of ether oxygens (including phenoxy) is 1. The van der Waals surface area contributed by atoms with Crippen molar-refractivity contribution in [3.8, 4) is 5.75 Å². The van der Waals surface area contributed by atoms with Crippen molar-refractivity contribution in [1.82, 2.24) is 5.16 Å². The SMILES string of the molecule is COc1ccc(/C=C(/Br)c2onc(C)c2[N+](=O)[O-])cc1. The first kappa shape index (κ1) is 14.3. The fourth-order valence-electron chi connectivity index (χ4n) is 1.65. The van der Waals surface area contributed by atoms with Crippen molar-refractivity contribution >= 4 is 32.2 Å². The van der Waals surface area contributed by atoms with Gasteiger partial charge in [0, 0.05) is 0 Å². The van der Waals surface area contributed by atoms with Crippen LogP contribution in [0.5, 0.6) is 5.75 Å². The van der Waals surface area contributed by atoms with E-state index < -0.39 is 4.92 Å². The zero-order valence-corrected chi connectivity index (χ0v) is 12.4. The van der Waals surface area contributed by atoms with Crippen LogP contribution in [-0.4, -0.2) is 17.2 Å². The summed E-state index contributed by atoms with van der Waals surface area (Å²) in [4.78, 5) is 10.5. The van der Waals surface area contributed by atoms with Crippen LogP contribution in [0, 0.1) is 17.0 Å². The monoisotopic (exact) mass is 338 g/mol. The Morgan fingerprint density at radius 2 is 2.10 bits per heavy atom. The average Bonchev–Trinajstić information content (AvgIpc) is 2.81. The number of hydrogen-bond acceptors (Lipinski definition) is 5. The van der Waals surface area contributed by atoms with Crippen LogP contribution in [0.3, 0.4) is 0 Å². The molecular weight excluding hydrogens is 328 g/mol. The standard InChI is InChI=1S/C13H11BrN2O4/c1-8-12(16(17)18)13(20-15-8)11(14)7-9-3-5-10(19-2)6-4-9/h3-7H,1-2H3/b11-7+. The average molecular weight is 339 g/mol. The number of nitro groups is 1. The van der Waals surface area contributed by atoms with Gasteiger partial charge in [0.2, 0.25) is 0 Å². The summed E-state index contributed by atoms with van der Waals surface area (Å²) < 4.78 is 10.5. The first-order valence-electron chi connectivity index (χ1n) is 5.65. The molecule has 20 heavy (non-hydrogen) atoms. The van der Waals surface area contributed by atoms with Gasteiger partial charge >= 0.3 is 5.69 Å². The molecule has 0 aliphatic heterocycles. The van der Waals surface area contributed by atoms with Crippen LogP contribution < -0.4 is 4.74 Å². The third kappa shape index (κ3) is 2.88. The second-order valence-corrected chi connectivity index (χ2v) is 4.82. The van der Waals surface area contributed by atoms with Crippen molar-refractivity contribution in [2.24, 2.45) is 0 Å². The maximum absolute atomic E-state index is 11.0. The Labute approximate surface area is 123 Å². The molecule has 0 radical (unpaired) electrons. The zero-order chi connectivity index (χ0) is 14.7. The summed E-state index contributed by atoms with van der Waals surface area (Å²) in [6.45, 7) is 1.53. The van der Waals surface area contributed by atoms with Gasteiger partial charge in [-0.2, -0.15) is 0 Å². The summed E-state index contributed by atoms with van der Waals surface area (Å²) in [6.07, 6.45) is 1.71. The van der Waals surface area contributed by atoms with Gasteiger partial charge in [0.15, 0.2) is 5.69 Å². The minimum absolute atomic E-state index is 0.100. The van der Waals surface area contributed by atoms with Crippen LogP contribution in [0.1, 0.15) is 17.0 Å². The molecule has 0 fully saturated rings. The van der Waals surface area contributed by atoms with Gasteiger partial charge in [-0.1, -0.05) is 17.3 Å². The van der Waals surface area contributed by atoms with E-state index in [-0.39, 0.29) is 17.1 Å². The van der Waals surface area contributed by atoms with Crippen LogP contribution in [0.25, 0.3) is 10.6 Å². The molecule has 2 aromatic rings. The highest BCUT2D eigenvalue weighted by Crippen LogP contribution is 2.34. The third-order valence-corrected chi connectivity index (χ3v) is 3.23. The number of rotatable bonds is 4. The lowest BCUT2D eigenvalue weighted by atomic mass is 10.2. The van der Waals surface area contributed by atoms with Crippen LogP contribution in [0.15, 0.2) is 28.8 Å². The van der Waals surface area contributed by atoms with Crippen molar-refractivity contribution in [2.45, 2.75) is 6.92 Å². The number of hydrogen-bond donors (Lipinski definition) is 0. The van der Waals surface area contributed by atoms with Gasteiger partial charge in [-0.05, 0) is 46.6 Å². The predicted octanol–water partition coefficient (Wildman–Crippen LogP) is 3.79. The normalized spacial score (nSPS) is 11.4. The molecule has 0 atom stereocenters. The molecule has 6 nitrogen and oxygen atoms in total. The van der Waals surface area contributed by atoms with Gasteiger partial charge in [0.1, 0.15) is 5.75 Å². The molecule has 0 aliphatic carbocycles. The van der Waals surface area contributed by atoms with E-state index in [2.05, 4.69) is 21.1 Å². The molecule has 0 saturated carbocycles. The van der Waals surface area contributed by atoms with E-state index in [1.54, 1.807) is 25.3 Å². The Balaban J connectivity index is 2.37. The largest absolute Gasteiger partial charge is 0.497 e. The maximum atomic E-state index is 11.0. The molecule has 1 aromatic carbocycles. The first-order chi connectivity index (χ1) is 9.52. The molecule has 0 spiro atoms. The number of nitrogens with zero attached hydrogens (tertiary/aromatic N) is 2. The molecule has 0 bridgehead atoms. The summed E-state index contributed by atoms with van der Waals surface area (Å²) in [6, 6.07) is 7.25. The lowest BCUT2D eigenvalue weighted by Gasteiger charge is -2.00. The van der Waals surface area contributed by atoms with Gasteiger partial charge in [-0.3, -0.25) is 10.1 Å². The number of aryl methyl sites for hydroxylation is 1. The van der Waals surface area contributed by atoms with E-state index >= 15 is 0 Å². The number of halogens is 1. The predicted molar refractivity (Wildman–Crippen MR) is 77.7 cm³/mol. The van der Waals surface area contributed by atoms with E-state index in [4.69, 9.17) is 9.26 Å². The Morgan fingerprint density at radius 1 is 1.45 bits per heavy atom. The van der Waals surface area contributed by atoms with Crippen molar-refractivity contribution in [3.63, 3.8) is 0 Å². The van der Waals surface area contributed by atoms with Crippen LogP contribution in [0.4, 0.5) is 5.69 Å². The van der Waals surface area contributed by atoms with E-state index in [9.17, 15) is 10.1 Å². The van der Waals surface area contributed by atoms with Crippen LogP contribution in [0.2, 0.25) is 0 Å². The maximum Gasteiger partial charge on any atom is 0.339 e. The Hall–Kier alpha value is -2.15. The fraction of sp³-hybridized carbons (Fsp3) is 0.154. The summed E-state index contributed by atoms with van der Waals surface area (Å²) >= 11 is 3.28. The lowest BCUT2D eigenvalue weighted by molar-refractivity contribution is -0.386. The highest BCUT2D eigenvalue weighted by molar-refractivity contribution is 9.15. The second-order valence-electron chi connectivity index (χ2n) is 3.97. The molecule has 0 N–H and O–H groups in total. The fourth-order valence-corrected chi connectivity index (χ4v) is 2.17. The zero-order valence-electron chi connectivity index (χ0n) is 10.8. The smallest absolute Gasteiger partial charge is 0.339 e. The van der Waals surface area contributed by atoms with Gasteiger partial charge in [0.25, 0.3) is 5.76 Å². The minimum atomic E-state index is -0.510. The molecule has 104 valence electrons. The molecule has 7 heteroatoms. The van der Waals surface area contributed by atoms with E-state index in [1.165, 1.54) is 6.92 Å². The van der Waals surface area contributed by atoms with Gasteiger partial charge in [0.05, 0.1) is 16.5 Å². The molecule has 0 saturated heterocycles. The lowest BCUT2D eigenvalue weighted by Crippen LogP contribution is -1.91. The van der Waals surface area contributed by atoms with E-state index in [0.29, 0.717) is 4.48 Å².